The van der Waals surface area contributed by atoms with Gasteiger partial charge in [-0.2, -0.15) is 0 Å². The molecule has 0 unspecified atom stereocenters. The van der Waals surface area contributed by atoms with E-state index in [9.17, 15) is 0 Å². The molecule has 0 aliphatic carbocycles. The van der Waals surface area contributed by atoms with Crippen LogP contribution in [0.15, 0.2) is 18.5 Å². The van der Waals surface area contributed by atoms with E-state index in [1.807, 2.05) is 23.8 Å². The zero-order valence-corrected chi connectivity index (χ0v) is 20.2. The Bertz CT molecular complexity index is 844. The number of pyridine rings is 1. The maximum Gasteiger partial charge on any atom is 0.497 e. The molecular formula is C21H35BN2O4Si. The van der Waals surface area contributed by atoms with Gasteiger partial charge in [0.2, 0.25) is 0 Å². The van der Waals surface area contributed by atoms with Crippen LogP contribution in [0.5, 0.6) is 5.75 Å². The van der Waals surface area contributed by atoms with E-state index >= 15 is 0 Å². The first-order chi connectivity index (χ1) is 13.4. The Morgan fingerprint density at radius 1 is 1.14 bits per heavy atom. The lowest BCUT2D eigenvalue weighted by atomic mass is 9.79. The summed E-state index contributed by atoms with van der Waals surface area (Å²) in [5.41, 5.74) is 1.02. The van der Waals surface area contributed by atoms with Crippen molar-refractivity contribution in [2.75, 3.05) is 13.2 Å². The zero-order chi connectivity index (χ0) is 21.4. The minimum Gasteiger partial charge on any atom is -0.492 e. The van der Waals surface area contributed by atoms with E-state index in [1.165, 1.54) is 0 Å². The molecule has 3 rings (SSSR count). The molecule has 2 aromatic heterocycles. The van der Waals surface area contributed by atoms with Crippen molar-refractivity contribution in [2.45, 2.75) is 78.2 Å². The van der Waals surface area contributed by atoms with Gasteiger partial charge >= 0.3 is 7.12 Å². The molecule has 0 amide bonds. The highest BCUT2D eigenvalue weighted by molar-refractivity contribution is 6.76. The number of rotatable bonds is 8. The maximum atomic E-state index is 6.30. The van der Waals surface area contributed by atoms with E-state index in [2.05, 4.69) is 52.3 Å². The van der Waals surface area contributed by atoms with Gasteiger partial charge in [0.15, 0.2) is 0 Å². The fourth-order valence-corrected chi connectivity index (χ4v) is 3.98. The first kappa shape index (κ1) is 22.3. The van der Waals surface area contributed by atoms with Crippen molar-refractivity contribution in [1.29, 1.82) is 0 Å². The molecule has 0 bridgehead atoms. The van der Waals surface area contributed by atoms with E-state index in [0.29, 0.717) is 13.3 Å². The van der Waals surface area contributed by atoms with Crippen LogP contribution >= 0.6 is 0 Å². The summed E-state index contributed by atoms with van der Waals surface area (Å²) in [6.45, 7) is 19.1. The molecule has 1 saturated heterocycles. The minimum atomic E-state index is -1.12. The fraction of sp³-hybridized carbons (Fsp3) is 0.667. The molecule has 3 heterocycles. The van der Waals surface area contributed by atoms with Gasteiger partial charge in [0.1, 0.15) is 18.1 Å². The number of hydrogen-bond acceptors (Lipinski definition) is 5. The summed E-state index contributed by atoms with van der Waals surface area (Å²) in [5, 5.41) is 0.975. The Morgan fingerprint density at radius 3 is 2.38 bits per heavy atom. The van der Waals surface area contributed by atoms with Crippen LogP contribution in [0.3, 0.4) is 0 Å². The van der Waals surface area contributed by atoms with Crippen molar-refractivity contribution < 1.29 is 18.8 Å². The normalized spacial score (nSPS) is 18.6. The van der Waals surface area contributed by atoms with Crippen LogP contribution in [0.2, 0.25) is 25.7 Å². The Kier molecular flexibility index (Phi) is 6.21. The minimum absolute atomic E-state index is 0.398. The molecule has 1 aliphatic heterocycles. The highest BCUT2D eigenvalue weighted by atomic mass is 28.3. The molecule has 0 saturated carbocycles. The molecule has 0 spiro atoms. The number of aromatic nitrogens is 2. The molecule has 8 heteroatoms. The molecule has 0 aromatic carbocycles. The monoisotopic (exact) mass is 418 g/mol. The topological polar surface area (TPSA) is 54.7 Å². The third kappa shape index (κ3) is 4.87. The van der Waals surface area contributed by atoms with Crippen LogP contribution in [0.1, 0.15) is 34.6 Å². The van der Waals surface area contributed by atoms with E-state index in [-0.39, 0.29) is 0 Å². The highest BCUT2D eigenvalue weighted by Crippen LogP contribution is 2.37. The van der Waals surface area contributed by atoms with Crippen molar-refractivity contribution in [3.8, 4) is 5.75 Å². The van der Waals surface area contributed by atoms with Gasteiger partial charge in [-0.15, -0.1) is 0 Å². The predicted octanol–water partition coefficient (Wildman–Crippen LogP) is 4.05. The van der Waals surface area contributed by atoms with E-state index < -0.39 is 26.4 Å². The number of hydrogen-bond donors (Lipinski definition) is 0. The van der Waals surface area contributed by atoms with Crippen LogP contribution < -0.4 is 10.2 Å². The van der Waals surface area contributed by atoms with Crippen LogP contribution in [0, 0.1) is 0 Å². The maximum absolute atomic E-state index is 6.30. The molecule has 1 aliphatic rings. The average molecular weight is 418 g/mol. The summed E-state index contributed by atoms with van der Waals surface area (Å²) in [5.74, 6) is 0.746. The Hall–Kier alpha value is -1.35. The summed E-state index contributed by atoms with van der Waals surface area (Å²) in [7, 11) is -1.57. The lowest BCUT2D eigenvalue weighted by Crippen LogP contribution is -2.41. The fourth-order valence-electron chi connectivity index (χ4n) is 3.22. The quantitative estimate of drug-likeness (QED) is 0.478. The van der Waals surface area contributed by atoms with Gasteiger partial charge < -0.3 is 23.3 Å². The molecule has 0 atom stereocenters. The Morgan fingerprint density at radius 2 is 1.79 bits per heavy atom. The lowest BCUT2D eigenvalue weighted by molar-refractivity contribution is 0.00578. The molecule has 2 aromatic rings. The summed E-state index contributed by atoms with van der Waals surface area (Å²) in [6, 6.07) is 3.16. The van der Waals surface area contributed by atoms with Crippen LogP contribution in [0.25, 0.3) is 11.0 Å². The third-order valence-electron chi connectivity index (χ3n) is 5.76. The van der Waals surface area contributed by atoms with Crippen molar-refractivity contribution in [3.63, 3.8) is 0 Å². The largest absolute Gasteiger partial charge is 0.497 e. The average Bonchev–Trinajstić information content (AvgIpc) is 3.05. The second-order valence-corrected chi connectivity index (χ2v) is 15.6. The van der Waals surface area contributed by atoms with Gasteiger partial charge in [0, 0.05) is 31.7 Å². The number of ether oxygens (including phenoxy) is 2. The van der Waals surface area contributed by atoms with Crippen LogP contribution in [-0.2, 0) is 20.8 Å². The first-order valence-corrected chi connectivity index (χ1v) is 14.2. The van der Waals surface area contributed by atoms with Gasteiger partial charge in [-0.3, -0.25) is 0 Å². The summed E-state index contributed by atoms with van der Waals surface area (Å²) in [6.07, 6.45) is 3.81. The molecule has 160 valence electrons. The summed E-state index contributed by atoms with van der Waals surface area (Å²) in [4.78, 5) is 4.65. The second-order valence-electron chi connectivity index (χ2n) is 9.97. The van der Waals surface area contributed by atoms with Crippen molar-refractivity contribution >= 4 is 31.7 Å². The van der Waals surface area contributed by atoms with Crippen LogP contribution in [-0.4, -0.2) is 49.2 Å². The van der Waals surface area contributed by atoms with Gasteiger partial charge in [-0.25, -0.2) is 4.98 Å². The third-order valence-corrected chi connectivity index (χ3v) is 7.47. The zero-order valence-electron chi connectivity index (χ0n) is 19.2. The Labute approximate surface area is 176 Å². The van der Waals surface area contributed by atoms with E-state index in [0.717, 1.165) is 34.9 Å². The van der Waals surface area contributed by atoms with Gasteiger partial charge in [0.25, 0.3) is 0 Å². The Balaban J connectivity index is 1.90. The highest BCUT2D eigenvalue weighted by Gasteiger charge is 2.52. The van der Waals surface area contributed by atoms with E-state index in [4.69, 9.17) is 18.8 Å². The summed E-state index contributed by atoms with van der Waals surface area (Å²) >= 11 is 0. The predicted molar refractivity (Wildman–Crippen MR) is 121 cm³/mol. The van der Waals surface area contributed by atoms with Crippen molar-refractivity contribution in [3.05, 3.63) is 18.5 Å². The van der Waals surface area contributed by atoms with Crippen molar-refractivity contribution in [1.82, 2.24) is 9.55 Å². The standard InChI is InChI=1S/C21H35BN2O4Si/c1-9-26-16-12-17-18(22-27-20(2,3)21(4,5)28-22)14-24(19(17)23-13-16)15-25-10-11-29(6,7)8/h12-14H,9-11,15H2,1-8H3. The lowest BCUT2D eigenvalue weighted by Gasteiger charge is -2.32. The summed E-state index contributed by atoms with van der Waals surface area (Å²) < 4.78 is 26.3. The van der Waals surface area contributed by atoms with Gasteiger partial charge in [-0.05, 0) is 46.7 Å². The molecule has 0 radical (unpaired) electrons. The second kappa shape index (κ2) is 8.06. The van der Waals surface area contributed by atoms with Gasteiger partial charge in [-0.1, -0.05) is 19.6 Å². The number of fused-ring (bicyclic) bond motifs is 1. The molecule has 6 nitrogen and oxygen atoms in total. The first-order valence-electron chi connectivity index (χ1n) is 10.5. The molecule has 29 heavy (non-hydrogen) atoms. The molecule has 1 fully saturated rings. The molecule has 0 N–H and O–H groups in total. The molecular weight excluding hydrogens is 383 g/mol. The van der Waals surface area contributed by atoms with Crippen LogP contribution in [0.4, 0.5) is 0 Å². The van der Waals surface area contributed by atoms with E-state index in [1.54, 1.807) is 6.20 Å². The van der Waals surface area contributed by atoms with Crippen molar-refractivity contribution in [2.24, 2.45) is 0 Å². The SMILES string of the molecule is CCOc1cnc2c(c1)c(B1OC(C)(C)C(C)(C)O1)cn2COCC[Si](C)(C)C. The smallest absolute Gasteiger partial charge is 0.492 e. The number of nitrogens with zero attached hydrogens (tertiary/aromatic N) is 2. The van der Waals surface area contributed by atoms with Gasteiger partial charge in [0.05, 0.1) is 24.0 Å².